The molecule has 0 aromatic heterocycles. The molecule has 0 heterocycles. The lowest BCUT2D eigenvalue weighted by Gasteiger charge is -2.19. The van der Waals surface area contributed by atoms with Crippen molar-refractivity contribution in [2.45, 2.75) is 52.6 Å². The van der Waals surface area contributed by atoms with E-state index in [1.165, 1.54) is 0 Å². The highest BCUT2D eigenvalue weighted by molar-refractivity contribution is 5.96. The summed E-state index contributed by atoms with van der Waals surface area (Å²) in [5.74, 6) is -1.33. The summed E-state index contributed by atoms with van der Waals surface area (Å²) in [6.07, 6.45) is 2.25. The molecule has 1 aromatic rings. The van der Waals surface area contributed by atoms with E-state index in [4.69, 9.17) is 5.11 Å². The smallest absolute Gasteiger partial charge is 0.326 e. The van der Waals surface area contributed by atoms with E-state index in [-0.39, 0.29) is 5.91 Å². The molecule has 23 heavy (non-hydrogen) atoms. The maximum absolute atomic E-state index is 12.1. The fraction of sp³-hybridized carbons (Fsp3) is 0.556. The van der Waals surface area contributed by atoms with Gasteiger partial charge in [-0.15, -0.1) is 0 Å². The molecule has 0 radical (unpaired) electrons. The molecular weight excluding hydrogens is 292 g/mol. The standard InChI is InChI=1S/C18H28N2O3/c1-4-7-16(18(22)23)19-17(21)15-10-8-14(9-11-15)13-20(6-3)12-5-2/h8-11,16H,4-7,12-13H2,1-3H3,(H,19,21)(H,22,23). The lowest BCUT2D eigenvalue weighted by molar-refractivity contribution is -0.139. The highest BCUT2D eigenvalue weighted by atomic mass is 16.4. The number of carboxylic acids is 1. The lowest BCUT2D eigenvalue weighted by Crippen LogP contribution is -2.40. The molecule has 0 saturated heterocycles. The Labute approximate surface area is 138 Å². The van der Waals surface area contributed by atoms with Crippen LogP contribution in [0.15, 0.2) is 24.3 Å². The quantitative estimate of drug-likeness (QED) is 0.695. The van der Waals surface area contributed by atoms with Gasteiger partial charge in [0.05, 0.1) is 0 Å². The van der Waals surface area contributed by atoms with Crippen molar-refractivity contribution in [1.29, 1.82) is 0 Å². The van der Waals surface area contributed by atoms with E-state index in [0.29, 0.717) is 18.4 Å². The first-order chi connectivity index (χ1) is 11.0. The number of hydrogen-bond donors (Lipinski definition) is 2. The summed E-state index contributed by atoms with van der Waals surface area (Å²) in [6.45, 7) is 9.10. The number of rotatable bonds is 10. The topological polar surface area (TPSA) is 69.6 Å². The zero-order valence-corrected chi connectivity index (χ0v) is 14.3. The summed E-state index contributed by atoms with van der Waals surface area (Å²) in [4.78, 5) is 25.6. The molecule has 1 atom stereocenters. The van der Waals surface area contributed by atoms with Gasteiger partial charge >= 0.3 is 5.97 Å². The fourth-order valence-corrected chi connectivity index (χ4v) is 2.47. The predicted molar refractivity (Wildman–Crippen MR) is 91.5 cm³/mol. The van der Waals surface area contributed by atoms with Gasteiger partial charge < -0.3 is 10.4 Å². The molecular formula is C18H28N2O3. The molecule has 1 unspecified atom stereocenters. The van der Waals surface area contributed by atoms with Crippen molar-refractivity contribution in [2.24, 2.45) is 0 Å². The highest BCUT2D eigenvalue weighted by Crippen LogP contribution is 2.09. The Balaban J connectivity index is 2.68. The van der Waals surface area contributed by atoms with Crippen LogP contribution >= 0.6 is 0 Å². The van der Waals surface area contributed by atoms with Crippen LogP contribution in [0.5, 0.6) is 0 Å². The largest absolute Gasteiger partial charge is 0.480 e. The van der Waals surface area contributed by atoms with Gasteiger partial charge in [0.15, 0.2) is 0 Å². The Morgan fingerprint density at radius 2 is 1.78 bits per heavy atom. The third-order valence-electron chi connectivity index (χ3n) is 3.79. The van der Waals surface area contributed by atoms with E-state index in [0.717, 1.165) is 31.6 Å². The van der Waals surface area contributed by atoms with Crippen LogP contribution in [-0.4, -0.2) is 41.0 Å². The number of nitrogens with zero attached hydrogens (tertiary/aromatic N) is 1. The molecule has 1 rings (SSSR count). The Morgan fingerprint density at radius 3 is 2.26 bits per heavy atom. The molecule has 0 spiro atoms. The highest BCUT2D eigenvalue weighted by Gasteiger charge is 2.19. The van der Waals surface area contributed by atoms with Crippen LogP contribution in [0.1, 0.15) is 56.0 Å². The van der Waals surface area contributed by atoms with Crippen molar-refractivity contribution in [1.82, 2.24) is 10.2 Å². The predicted octanol–water partition coefficient (Wildman–Crippen LogP) is 2.90. The summed E-state index contributed by atoms with van der Waals surface area (Å²) < 4.78 is 0. The van der Waals surface area contributed by atoms with Crippen LogP contribution in [0.2, 0.25) is 0 Å². The first kappa shape index (κ1) is 19.2. The van der Waals surface area contributed by atoms with Gasteiger partial charge in [0.1, 0.15) is 6.04 Å². The van der Waals surface area contributed by atoms with Gasteiger partial charge in [-0.3, -0.25) is 9.69 Å². The molecule has 0 aliphatic carbocycles. The Kier molecular flexibility index (Phi) is 8.33. The average Bonchev–Trinajstić information content (AvgIpc) is 2.54. The van der Waals surface area contributed by atoms with Gasteiger partial charge in [-0.1, -0.05) is 39.3 Å². The number of hydrogen-bond acceptors (Lipinski definition) is 3. The SMILES string of the molecule is CCCC(NC(=O)c1ccc(CN(CC)CCC)cc1)C(=O)O. The summed E-state index contributed by atoms with van der Waals surface area (Å²) in [6, 6.07) is 6.56. The van der Waals surface area contributed by atoms with Gasteiger partial charge in [-0.2, -0.15) is 0 Å². The molecule has 1 aromatic carbocycles. The van der Waals surface area contributed by atoms with Crippen molar-refractivity contribution in [2.75, 3.05) is 13.1 Å². The van der Waals surface area contributed by atoms with Gasteiger partial charge in [0, 0.05) is 12.1 Å². The van der Waals surface area contributed by atoms with Crippen LogP contribution in [0, 0.1) is 0 Å². The third kappa shape index (κ3) is 6.40. The fourth-order valence-electron chi connectivity index (χ4n) is 2.47. The molecule has 0 aliphatic heterocycles. The number of benzene rings is 1. The minimum absolute atomic E-state index is 0.335. The van der Waals surface area contributed by atoms with Crippen molar-refractivity contribution >= 4 is 11.9 Å². The van der Waals surface area contributed by atoms with E-state index < -0.39 is 12.0 Å². The Morgan fingerprint density at radius 1 is 1.13 bits per heavy atom. The van der Waals surface area contributed by atoms with E-state index in [1.807, 2.05) is 19.1 Å². The van der Waals surface area contributed by atoms with Gasteiger partial charge in [0.2, 0.25) is 0 Å². The van der Waals surface area contributed by atoms with Crippen molar-refractivity contribution in [3.05, 3.63) is 35.4 Å². The maximum Gasteiger partial charge on any atom is 0.326 e. The molecule has 5 heteroatoms. The Hall–Kier alpha value is -1.88. The zero-order chi connectivity index (χ0) is 17.2. The zero-order valence-electron chi connectivity index (χ0n) is 14.3. The van der Waals surface area contributed by atoms with E-state index in [9.17, 15) is 9.59 Å². The number of nitrogens with one attached hydrogen (secondary N) is 1. The number of carboxylic acid groups (broad SMARTS) is 1. The molecule has 0 bridgehead atoms. The van der Waals surface area contributed by atoms with Crippen LogP contribution in [0.4, 0.5) is 0 Å². The minimum atomic E-state index is -0.991. The van der Waals surface area contributed by atoms with Gasteiger partial charge in [-0.05, 0) is 43.6 Å². The van der Waals surface area contributed by atoms with Gasteiger partial charge in [0.25, 0.3) is 5.91 Å². The molecule has 0 fully saturated rings. The number of carbonyl (C=O) groups excluding carboxylic acids is 1. The molecule has 0 aliphatic rings. The molecule has 1 amide bonds. The normalized spacial score (nSPS) is 12.2. The van der Waals surface area contributed by atoms with Crippen molar-refractivity contribution in [3.63, 3.8) is 0 Å². The number of amides is 1. The van der Waals surface area contributed by atoms with Crippen LogP contribution in [-0.2, 0) is 11.3 Å². The summed E-state index contributed by atoms with van der Waals surface area (Å²) >= 11 is 0. The second-order valence-electron chi connectivity index (χ2n) is 5.72. The van der Waals surface area contributed by atoms with Crippen LogP contribution in [0.25, 0.3) is 0 Å². The van der Waals surface area contributed by atoms with Crippen molar-refractivity contribution < 1.29 is 14.7 Å². The summed E-state index contributed by atoms with van der Waals surface area (Å²) in [5.41, 5.74) is 1.65. The third-order valence-corrected chi connectivity index (χ3v) is 3.79. The molecule has 128 valence electrons. The van der Waals surface area contributed by atoms with Crippen molar-refractivity contribution in [3.8, 4) is 0 Å². The molecule has 0 saturated carbocycles. The number of carbonyl (C=O) groups is 2. The van der Waals surface area contributed by atoms with Crippen LogP contribution < -0.4 is 5.32 Å². The van der Waals surface area contributed by atoms with E-state index >= 15 is 0 Å². The monoisotopic (exact) mass is 320 g/mol. The first-order valence-corrected chi connectivity index (χ1v) is 8.36. The van der Waals surface area contributed by atoms with Gasteiger partial charge in [-0.25, -0.2) is 4.79 Å². The summed E-state index contributed by atoms with van der Waals surface area (Å²) in [5, 5.41) is 11.7. The van der Waals surface area contributed by atoms with Crippen LogP contribution in [0.3, 0.4) is 0 Å². The molecule has 2 N–H and O–H groups in total. The maximum atomic E-state index is 12.1. The molecule has 5 nitrogen and oxygen atoms in total. The average molecular weight is 320 g/mol. The second-order valence-corrected chi connectivity index (χ2v) is 5.72. The van der Waals surface area contributed by atoms with E-state index in [2.05, 4.69) is 24.1 Å². The Bertz CT molecular complexity index is 499. The number of aliphatic carboxylic acids is 1. The summed E-state index contributed by atoms with van der Waals surface area (Å²) in [7, 11) is 0. The minimum Gasteiger partial charge on any atom is -0.480 e. The first-order valence-electron chi connectivity index (χ1n) is 8.36. The van der Waals surface area contributed by atoms with E-state index in [1.54, 1.807) is 12.1 Å². The lowest BCUT2D eigenvalue weighted by atomic mass is 10.1. The second kappa shape index (κ2) is 10.0.